The number of thiophene rings is 1. The molecule has 5 heteroatoms. The third-order valence-corrected chi connectivity index (χ3v) is 11.8. The standard InChI is InChI=1S/C51H31N3OS/c1-4-14-32(15-5-1)33-24-26-36(27-25-33)50-52-49(35-18-8-3-9-19-35)53-51(54-50)37-30-42(46-40-20-10-12-22-43(40)55-44(46)31-37)39-29-28-38(34-16-6-2-7-17-34)47-41-21-11-13-23-45(41)56-48(39)47/h1-31H. The number of furan rings is 1. The van der Waals surface area contributed by atoms with E-state index in [1.807, 2.05) is 59.9 Å². The molecule has 0 aliphatic carbocycles. The highest BCUT2D eigenvalue weighted by molar-refractivity contribution is 7.26. The van der Waals surface area contributed by atoms with E-state index < -0.39 is 0 Å². The fourth-order valence-corrected chi connectivity index (χ4v) is 9.14. The Labute approximate surface area is 327 Å². The molecular formula is C51H31N3OS. The van der Waals surface area contributed by atoms with E-state index in [2.05, 4.69) is 140 Å². The predicted molar refractivity (Wildman–Crippen MR) is 233 cm³/mol. The first-order valence-electron chi connectivity index (χ1n) is 18.7. The lowest BCUT2D eigenvalue weighted by molar-refractivity contribution is 0.669. The second-order valence-corrected chi connectivity index (χ2v) is 15.0. The highest BCUT2D eigenvalue weighted by Gasteiger charge is 2.22. The van der Waals surface area contributed by atoms with Crippen LogP contribution in [0, 0.1) is 0 Å². The first kappa shape index (κ1) is 32.2. The lowest BCUT2D eigenvalue weighted by Crippen LogP contribution is -2.00. The van der Waals surface area contributed by atoms with Crippen LogP contribution in [0.2, 0.25) is 0 Å². The molecule has 8 aromatic carbocycles. The van der Waals surface area contributed by atoms with Crippen molar-refractivity contribution in [1.82, 2.24) is 15.0 Å². The molecule has 0 atom stereocenters. The number of benzene rings is 8. The first-order valence-corrected chi connectivity index (χ1v) is 19.5. The lowest BCUT2D eigenvalue weighted by atomic mass is 9.92. The number of rotatable bonds is 6. The molecule has 0 bridgehead atoms. The van der Waals surface area contributed by atoms with E-state index in [0.717, 1.165) is 60.9 Å². The molecule has 56 heavy (non-hydrogen) atoms. The molecule has 3 aromatic heterocycles. The van der Waals surface area contributed by atoms with Crippen LogP contribution < -0.4 is 0 Å². The molecule has 0 unspecified atom stereocenters. The van der Waals surface area contributed by atoms with Crippen molar-refractivity contribution in [3.8, 4) is 67.5 Å². The topological polar surface area (TPSA) is 51.8 Å². The van der Waals surface area contributed by atoms with Crippen LogP contribution in [0.5, 0.6) is 0 Å². The molecule has 0 fully saturated rings. The lowest BCUT2D eigenvalue weighted by Gasteiger charge is -2.13. The molecular weight excluding hydrogens is 703 g/mol. The highest BCUT2D eigenvalue weighted by atomic mass is 32.1. The smallest absolute Gasteiger partial charge is 0.164 e. The van der Waals surface area contributed by atoms with E-state index >= 15 is 0 Å². The van der Waals surface area contributed by atoms with E-state index in [1.165, 1.54) is 31.3 Å². The van der Waals surface area contributed by atoms with Crippen LogP contribution in [0.1, 0.15) is 0 Å². The normalized spacial score (nSPS) is 11.6. The summed E-state index contributed by atoms with van der Waals surface area (Å²) in [6, 6.07) is 65.6. The van der Waals surface area contributed by atoms with Crippen LogP contribution >= 0.6 is 11.3 Å². The molecule has 0 radical (unpaired) electrons. The van der Waals surface area contributed by atoms with E-state index in [4.69, 9.17) is 19.4 Å². The third kappa shape index (κ3) is 5.48. The third-order valence-electron chi connectivity index (χ3n) is 10.6. The highest BCUT2D eigenvalue weighted by Crippen LogP contribution is 2.48. The summed E-state index contributed by atoms with van der Waals surface area (Å²) in [7, 11) is 0. The summed E-state index contributed by atoms with van der Waals surface area (Å²) in [5, 5.41) is 4.66. The summed E-state index contributed by atoms with van der Waals surface area (Å²) >= 11 is 1.84. The second-order valence-electron chi connectivity index (χ2n) is 13.9. The molecule has 0 N–H and O–H groups in total. The van der Waals surface area contributed by atoms with Gasteiger partial charge in [-0.25, -0.2) is 15.0 Å². The average molecular weight is 734 g/mol. The molecule has 0 aliphatic rings. The summed E-state index contributed by atoms with van der Waals surface area (Å²) in [5.41, 5.74) is 11.3. The van der Waals surface area contributed by atoms with Crippen molar-refractivity contribution in [2.75, 3.05) is 0 Å². The molecule has 0 saturated heterocycles. The Bertz CT molecular complexity index is 3230. The second kappa shape index (κ2) is 13.3. The van der Waals surface area contributed by atoms with Crippen molar-refractivity contribution in [2.24, 2.45) is 0 Å². The van der Waals surface area contributed by atoms with Crippen molar-refractivity contribution in [2.45, 2.75) is 0 Å². The van der Waals surface area contributed by atoms with E-state index in [0.29, 0.717) is 17.5 Å². The Hall–Kier alpha value is -7.21. The van der Waals surface area contributed by atoms with Gasteiger partial charge in [-0.3, -0.25) is 0 Å². The van der Waals surface area contributed by atoms with Gasteiger partial charge in [-0.15, -0.1) is 11.3 Å². The summed E-state index contributed by atoms with van der Waals surface area (Å²) in [5.74, 6) is 1.81. The summed E-state index contributed by atoms with van der Waals surface area (Å²) < 4.78 is 9.14. The number of nitrogens with zero attached hydrogens (tertiary/aromatic N) is 3. The molecule has 4 nitrogen and oxygen atoms in total. The first-order chi connectivity index (χ1) is 27.7. The molecule has 11 rings (SSSR count). The fourth-order valence-electron chi connectivity index (χ4n) is 7.89. The monoisotopic (exact) mass is 733 g/mol. The molecule has 0 saturated carbocycles. The quantitative estimate of drug-likeness (QED) is 0.171. The van der Waals surface area contributed by atoms with Gasteiger partial charge in [0.15, 0.2) is 17.5 Å². The van der Waals surface area contributed by atoms with Gasteiger partial charge in [0.1, 0.15) is 11.2 Å². The van der Waals surface area contributed by atoms with Crippen molar-refractivity contribution >= 4 is 53.4 Å². The van der Waals surface area contributed by atoms with Crippen molar-refractivity contribution in [3.05, 3.63) is 188 Å². The van der Waals surface area contributed by atoms with Crippen LogP contribution in [-0.2, 0) is 0 Å². The fraction of sp³-hybridized carbons (Fsp3) is 0. The maximum Gasteiger partial charge on any atom is 0.164 e. The number of aromatic nitrogens is 3. The van der Waals surface area contributed by atoms with Crippen molar-refractivity contribution in [1.29, 1.82) is 0 Å². The largest absolute Gasteiger partial charge is 0.456 e. The van der Waals surface area contributed by atoms with Gasteiger partial charge in [-0.2, -0.15) is 0 Å². The van der Waals surface area contributed by atoms with Gasteiger partial charge in [0.05, 0.1) is 0 Å². The number of para-hydroxylation sites is 1. The molecule has 11 aromatic rings. The van der Waals surface area contributed by atoms with Gasteiger partial charge in [0.2, 0.25) is 0 Å². The van der Waals surface area contributed by atoms with Crippen molar-refractivity contribution < 1.29 is 4.42 Å². The Morgan fingerprint density at radius 3 is 1.57 bits per heavy atom. The molecule has 0 amide bonds. The zero-order valence-electron chi connectivity index (χ0n) is 30.1. The maximum atomic E-state index is 6.66. The minimum Gasteiger partial charge on any atom is -0.456 e. The van der Waals surface area contributed by atoms with Gasteiger partial charge in [-0.1, -0.05) is 164 Å². The van der Waals surface area contributed by atoms with Gasteiger partial charge < -0.3 is 4.42 Å². The minimum absolute atomic E-state index is 0.582. The summed E-state index contributed by atoms with van der Waals surface area (Å²) in [6.07, 6.45) is 0. The zero-order valence-corrected chi connectivity index (χ0v) is 30.9. The van der Waals surface area contributed by atoms with Crippen molar-refractivity contribution in [3.63, 3.8) is 0 Å². The maximum absolute atomic E-state index is 6.66. The van der Waals surface area contributed by atoms with Crippen LogP contribution in [0.25, 0.3) is 110 Å². The van der Waals surface area contributed by atoms with E-state index in [-0.39, 0.29) is 0 Å². The van der Waals surface area contributed by atoms with Gasteiger partial charge in [-0.05, 0) is 52.1 Å². The minimum atomic E-state index is 0.582. The van der Waals surface area contributed by atoms with Gasteiger partial charge in [0, 0.05) is 53.2 Å². The van der Waals surface area contributed by atoms with E-state index in [9.17, 15) is 0 Å². The zero-order chi connectivity index (χ0) is 37.0. The number of hydrogen-bond acceptors (Lipinski definition) is 5. The Morgan fingerprint density at radius 1 is 0.339 bits per heavy atom. The molecule has 262 valence electrons. The van der Waals surface area contributed by atoms with Crippen LogP contribution in [0.15, 0.2) is 192 Å². The van der Waals surface area contributed by atoms with Crippen LogP contribution in [0.4, 0.5) is 0 Å². The molecule has 0 aliphatic heterocycles. The Kier molecular flexibility index (Phi) is 7.64. The number of fused-ring (bicyclic) bond motifs is 6. The van der Waals surface area contributed by atoms with Crippen LogP contribution in [0.3, 0.4) is 0 Å². The molecule has 3 heterocycles. The van der Waals surface area contributed by atoms with Crippen LogP contribution in [-0.4, -0.2) is 15.0 Å². The average Bonchev–Trinajstić information content (AvgIpc) is 3.86. The summed E-state index contributed by atoms with van der Waals surface area (Å²) in [4.78, 5) is 15.4. The number of hydrogen-bond donors (Lipinski definition) is 0. The van der Waals surface area contributed by atoms with Gasteiger partial charge >= 0.3 is 0 Å². The summed E-state index contributed by atoms with van der Waals surface area (Å²) in [6.45, 7) is 0. The molecule has 0 spiro atoms. The van der Waals surface area contributed by atoms with Gasteiger partial charge in [0.25, 0.3) is 0 Å². The predicted octanol–water partition coefficient (Wildman–Crippen LogP) is 14.1. The Balaban J connectivity index is 1.16. The van der Waals surface area contributed by atoms with E-state index in [1.54, 1.807) is 0 Å². The Morgan fingerprint density at radius 2 is 0.857 bits per heavy atom. The SMILES string of the molecule is c1ccc(-c2ccc(-c3nc(-c4ccccc4)nc(-c4cc(-c5ccc(-c6ccccc6)c6c5sc5ccccc56)c5c(c4)oc4ccccc45)n3)cc2)cc1.